The molecule has 2 aromatic rings. The summed E-state index contributed by atoms with van der Waals surface area (Å²) in [6, 6.07) is 11.0. The van der Waals surface area contributed by atoms with Crippen molar-refractivity contribution in [2.75, 3.05) is 13.7 Å². The van der Waals surface area contributed by atoms with Gasteiger partial charge in [-0.1, -0.05) is 23.7 Å². The van der Waals surface area contributed by atoms with E-state index in [9.17, 15) is 9.59 Å². The minimum Gasteiger partial charge on any atom is -0.497 e. The highest BCUT2D eigenvalue weighted by Gasteiger charge is 2.33. The number of carbonyl (C=O) groups excluding carboxylic acids is 2. The summed E-state index contributed by atoms with van der Waals surface area (Å²) < 4.78 is 10.8. The molecule has 25 heavy (non-hydrogen) atoms. The lowest BCUT2D eigenvalue weighted by molar-refractivity contribution is -0.135. The molecule has 5 nitrogen and oxygen atoms in total. The number of ether oxygens (including phenoxy) is 2. The van der Waals surface area contributed by atoms with E-state index in [1.807, 2.05) is 24.3 Å². The van der Waals surface area contributed by atoms with Gasteiger partial charge in [0.15, 0.2) is 6.61 Å². The highest BCUT2D eigenvalue weighted by Crippen LogP contribution is 2.29. The van der Waals surface area contributed by atoms with Crippen LogP contribution in [-0.2, 0) is 16.1 Å². The zero-order valence-corrected chi connectivity index (χ0v) is 15.3. The maximum atomic E-state index is 12.5. The number of hydrogen-bond donors (Lipinski definition) is 0. The number of amides is 1. The van der Waals surface area contributed by atoms with Gasteiger partial charge in [-0.05, 0) is 42.7 Å². The second-order valence-electron chi connectivity index (χ2n) is 5.78. The zero-order chi connectivity index (χ0) is 17.8. The van der Waals surface area contributed by atoms with Crippen molar-refractivity contribution in [2.45, 2.75) is 25.4 Å². The van der Waals surface area contributed by atoms with Crippen molar-refractivity contribution in [3.8, 4) is 5.75 Å². The van der Waals surface area contributed by atoms with Crippen LogP contribution in [0.25, 0.3) is 0 Å². The molecule has 1 aliphatic carbocycles. The van der Waals surface area contributed by atoms with Gasteiger partial charge in [0.1, 0.15) is 10.6 Å². The fourth-order valence-corrected chi connectivity index (χ4v) is 3.38. The lowest BCUT2D eigenvalue weighted by Gasteiger charge is -2.22. The number of esters is 1. The van der Waals surface area contributed by atoms with Crippen LogP contribution in [0.4, 0.5) is 0 Å². The number of methoxy groups -OCH3 is 1. The first-order chi connectivity index (χ1) is 12.1. The summed E-state index contributed by atoms with van der Waals surface area (Å²) >= 11 is 6.94. The van der Waals surface area contributed by atoms with Crippen molar-refractivity contribution in [2.24, 2.45) is 0 Å². The van der Waals surface area contributed by atoms with Crippen molar-refractivity contribution in [3.63, 3.8) is 0 Å². The summed E-state index contributed by atoms with van der Waals surface area (Å²) in [5, 5.41) is 0. The maximum Gasteiger partial charge on any atom is 0.348 e. The van der Waals surface area contributed by atoms with Gasteiger partial charge in [0.25, 0.3) is 5.91 Å². The second kappa shape index (κ2) is 7.89. The third-order valence-electron chi connectivity index (χ3n) is 3.92. The molecule has 0 aliphatic heterocycles. The van der Waals surface area contributed by atoms with Gasteiger partial charge in [0.05, 0.1) is 11.4 Å². The Labute approximate surface area is 155 Å². The van der Waals surface area contributed by atoms with Crippen molar-refractivity contribution in [1.29, 1.82) is 0 Å². The highest BCUT2D eigenvalue weighted by molar-refractivity contribution is 7.17. The molecule has 1 aliphatic rings. The lowest BCUT2D eigenvalue weighted by Crippen LogP contribution is -2.36. The number of hydrogen-bond acceptors (Lipinski definition) is 5. The number of halogens is 1. The van der Waals surface area contributed by atoms with Crippen LogP contribution in [0.2, 0.25) is 4.34 Å². The molecule has 0 atom stereocenters. The number of benzene rings is 1. The van der Waals surface area contributed by atoms with Crippen LogP contribution in [0, 0.1) is 0 Å². The van der Waals surface area contributed by atoms with Crippen LogP contribution in [0.15, 0.2) is 36.4 Å². The van der Waals surface area contributed by atoms with Crippen molar-refractivity contribution < 1.29 is 19.1 Å². The second-order valence-corrected chi connectivity index (χ2v) is 7.50. The molecule has 3 rings (SSSR count). The lowest BCUT2D eigenvalue weighted by atomic mass is 10.2. The van der Waals surface area contributed by atoms with Gasteiger partial charge in [0.2, 0.25) is 0 Å². The number of rotatable bonds is 7. The van der Waals surface area contributed by atoms with Gasteiger partial charge in [-0.25, -0.2) is 4.79 Å². The third-order valence-corrected chi connectivity index (χ3v) is 5.13. The molecule has 1 fully saturated rings. The molecular weight excluding hydrogens is 362 g/mol. The molecule has 132 valence electrons. The maximum absolute atomic E-state index is 12.5. The largest absolute Gasteiger partial charge is 0.497 e. The first-order valence-electron chi connectivity index (χ1n) is 7.91. The van der Waals surface area contributed by atoms with Crippen LogP contribution in [-0.4, -0.2) is 36.5 Å². The van der Waals surface area contributed by atoms with Gasteiger partial charge in [-0.2, -0.15) is 0 Å². The summed E-state index contributed by atoms with van der Waals surface area (Å²) in [6.07, 6.45) is 1.97. The standard InChI is InChI=1S/C18H18ClNO4S/c1-23-14-6-2-12(3-7-14)10-20(13-4-5-13)17(21)11-24-18(22)15-8-9-16(19)25-15/h2-3,6-9,13H,4-5,10-11H2,1H3. The quantitative estimate of drug-likeness (QED) is 0.687. The Morgan fingerprint density at radius 2 is 1.92 bits per heavy atom. The molecule has 0 bridgehead atoms. The Morgan fingerprint density at radius 3 is 2.48 bits per heavy atom. The van der Waals surface area contributed by atoms with E-state index in [0.29, 0.717) is 15.8 Å². The molecule has 1 heterocycles. The fourth-order valence-electron chi connectivity index (χ4n) is 2.44. The van der Waals surface area contributed by atoms with E-state index < -0.39 is 5.97 Å². The average Bonchev–Trinajstić information content (AvgIpc) is 3.38. The Balaban J connectivity index is 1.58. The smallest absolute Gasteiger partial charge is 0.348 e. The van der Waals surface area contributed by atoms with E-state index in [4.69, 9.17) is 21.1 Å². The van der Waals surface area contributed by atoms with Crippen LogP contribution in [0.1, 0.15) is 28.1 Å². The van der Waals surface area contributed by atoms with Gasteiger partial charge in [0, 0.05) is 12.6 Å². The molecule has 0 unspecified atom stereocenters. The first-order valence-corrected chi connectivity index (χ1v) is 9.11. The van der Waals surface area contributed by atoms with Crippen molar-refractivity contribution >= 4 is 34.8 Å². The monoisotopic (exact) mass is 379 g/mol. The Kier molecular flexibility index (Phi) is 5.60. The molecule has 1 saturated carbocycles. The molecule has 0 saturated heterocycles. The summed E-state index contributed by atoms with van der Waals surface area (Å²) in [5.41, 5.74) is 1.01. The summed E-state index contributed by atoms with van der Waals surface area (Å²) in [4.78, 5) is 26.6. The predicted octanol–water partition coefficient (Wildman–Crippen LogP) is 3.76. The van der Waals surface area contributed by atoms with E-state index in [1.54, 1.807) is 24.1 Å². The molecular formula is C18H18ClNO4S. The SMILES string of the molecule is COc1ccc(CN(C(=O)COC(=O)c2ccc(Cl)s2)C2CC2)cc1. The Morgan fingerprint density at radius 1 is 1.20 bits per heavy atom. The van der Waals surface area contributed by atoms with Gasteiger partial charge in [-0.3, -0.25) is 4.79 Å². The molecule has 1 aromatic heterocycles. The molecule has 0 radical (unpaired) electrons. The minimum atomic E-state index is -0.523. The number of nitrogens with zero attached hydrogens (tertiary/aromatic N) is 1. The fraction of sp³-hybridized carbons (Fsp3) is 0.333. The van der Waals surface area contributed by atoms with Crippen molar-refractivity contribution in [1.82, 2.24) is 4.90 Å². The van der Waals surface area contributed by atoms with Gasteiger partial charge >= 0.3 is 5.97 Å². The van der Waals surface area contributed by atoms with E-state index in [1.165, 1.54) is 0 Å². The number of carbonyl (C=O) groups is 2. The summed E-state index contributed by atoms with van der Waals surface area (Å²) in [7, 11) is 1.62. The van der Waals surface area contributed by atoms with Crippen LogP contribution in [0.3, 0.4) is 0 Å². The zero-order valence-electron chi connectivity index (χ0n) is 13.7. The van der Waals surface area contributed by atoms with E-state index in [2.05, 4.69) is 0 Å². The molecule has 0 N–H and O–H groups in total. The van der Waals surface area contributed by atoms with Gasteiger partial charge < -0.3 is 14.4 Å². The van der Waals surface area contributed by atoms with E-state index in [-0.39, 0.29) is 18.6 Å². The van der Waals surface area contributed by atoms with Crippen LogP contribution >= 0.6 is 22.9 Å². The molecule has 1 aromatic carbocycles. The van der Waals surface area contributed by atoms with Crippen LogP contribution in [0.5, 0.6) is 5.75 Å². The predicted molar refractivity (Wildman–Crippen MR) is 96.2 cm³/mol. The molecule has 1 amide bonds. The number of thiophene rings is 1. The first kappa shape index (κ1) is 17.8. The topological polar surface area (TPSA) is 55.8 Å². The highest BCUT2D eigenvalue weighted by atomic mass is 35.5. The molecule has 0 spiro atoms. The molecule has 7 heteroatoms. The summed E-state index contributed by atoms with van der Waals surface area (Å²) in [5.74, 6) is 0.0661. The minimum absolute atomic E-state index is 0.186. The van der Waals surface area contributed by atoms with Crippen LogP contribution < -0.4 is 4.74 Å². The Hall–Kier alpha value is -2.05. The normalized spacial score (nSPS) is 13.4. The Bertz CT molecular complexity index is 755. The van der Waals surface area contributed by atoms with E-state index >= 15 is 0 Å². The van der Waals surface area contributed by atoms with Gasteiger partial charge in [-0.15, -0.1) is 11.3 Å². The average molecular weight is 380 g/mol. The van der Waals surface area contributed by atoms with E-state index in [0.717, 1.165) is 35.5 Å². The third kappa shape index (κ3) is 4.74. The van der Waals surface area contributed by atoms with Crippen molar-refractivity contribution in [3.05, 3.63) is 51.2 Å². The summed E-state index contributed by atoms with van der Waals surface area (Å²) in [6.45, 7) is 0.233.